The number of carbonyl (C=O) groups excluding carboxylic acids is 2. The number of anilines is 1. The Kier molecular flexibility index (Phi) is 5.81. The van der Waals surface area contributed by atoms with Gasteiger partial charge in [-0.1, -0.05) is 24.3 Å². The van der Waals surface area contributed by atoms with Gasteiger partial charge in [0.05, 0.1) is 26.9 Å². The zero-order valence-corrected chi connectivity index (χ0v) is 13.9. The summed E-state index contributed by atoms with van der Waals surface area (Å²) in [5.74, 6) is -2.02. The molecule has 0 spiro atoms. The molecule has 2 rings (SSSR count). The van der Waals surface area contributed by atoms with E-state index in [9.17, 15) is 18.2 Å². The molecule has 0 aliphatic carbocycles. The molecule has 1 amide bonds. The first-order valence-electron chi connectivity index (χ1n) is 7.09. The van der Waals surface area contributed by atoms with E-state index in [0.717, 1.165) is 0 Å². The molecule has 0 aliphatic rings. The van der Waals surface area contributed by atoms with Crippen LogP contribution in [-0.4, -0.2) is 28.4 Å². The quantitative estimate of drug-likeness (QED) is 0.843. The van der Waals surface area contributed by atoms with Gasteiger partial charge >= 0.3 is 5.97 Å². The number of ether oxygens (including phenoxy) is 1. The molecule has 0 bridgehead atoms. The lowest BCUT2D eigenvalue weighted by molar-refractivity contribution is -0.123. The minimum absolute atomic E-state index is 0.000427. The first-order valence-corrected chi connectivity index (χ1v) is 8.64. The van der Waals surface area contributed by atoms with Gasteiger partial charge in [-0.3, -0.25) is 9.00 Å². The van der Waals surface area contributed by atoms with Crippen molar-refractivity contribution in [1.29, 1.82) is 0 Å². The fourth-order valence-electron chi connectivity index (χ4n) is 1.96. The third kappa shape index (κ3) is 4.26. The number of hydrogen-bond acceptors (Lipinski definition) is 4. The van der Waals surface area contributed by atoms with Crippen LogP contribution < -0.4 is 5.32 Å². The number of para-hydroxylation sites is 1. The third-order valence-electron chi connectivity index (χ3n) is 3.20. The Bertz CT molecular complexity index is 794. The lowest BCUT2D eigenvalue weighted by Gasteiger charge is -2.14. The van der Waals surface area contributed by atoms with E-state index in [-0.39, 0.29) is 11.3 Å². The van der Waals surface area contributed by atoms with Gasteiger partial charge in [0.1, 0.15) is 5.82 Å². The van der Waals surface area contributed by atoms with Gasteiger partial charge in [-0.2, -0.15) is 0 Å². The van der Waals surface area contributed by atoms with Crippen molar-refractivity contribution < 1.29 is 22.9 Å². The molecule has 2 aromatic carbocycles. The van der Waals surface area contributed by atoms with E-state index in [1.165, 1.54) is 37.4 Å². The van der Waals surface area contributed by atoms with Crippen molar-refractivity contribution >= 4 is 28.4 Å². The lowest BCUT2D eigenvalue weighted by atomic mass is 10.2. The molecule has 126 valence electrons. The van der Waals surface area contributed by atoms with Crippen LogP contribution in [0.2, 0.25) is 0 Å². The molecule has 0 saturated heterocycles. The van der Waals surface area contributed by atoms with E-state index in [1.807, 2.05) is 0 Å². The monoisotopic (exact) mass is 349 g/mol. The number of rotatable bonds is 5. The average molecular weight is 349 g/mol. The minimum Gasteiger partial charge on any atom is -0.449 e. The highest BCUT2D eigenvalue weighted by Crippen LogP contribution is 2.16. The largest absolute Gasteiger partial charge is 0.449 e. The van der Waals surface area contributed by atoms with Crippen molar-refractivity contribution in [3.63, 3.8) is 0 Å². The average Bonchev–Trinajstić information content (AvgIpc) is 2.56. The fraction of sp³-hybridized carbons (Fsp3) is 0.176. The molecule has 0 aliphatic heterocycles. The first kappa shape index (κ1) is 17.8. The standard InChI is InChI=1S/C17H16FNO4S/c1-11(16(20)19-14-9-5-4-8-13(14)18)23-17(21)12-7-3-6-10-15(12)24(2)22/h3-11H,1-2H3,(H,19,20)/t11-,24+/m1/s1. The summed E-state index contributed by atoms with van der Waals surface area (Å²) in [7, 11) is -1.37. The Morgan fingerprint density at radius 2 is 1.75 bits per heavy atom. The fourth-order valence-corrected chi connectivity index (χ4v) is 2.69. The van der Waals surface area contributed by atoms with Crippen molar-refractivity contribution in [1.82, 2.24) is 0 Å². The second-order valence-corrected chi connectivity index (χ2v) is 6.31. The predicted octanol–water partition coefficient (Wildman–Crippen LogP) is 2.75. The van der Waals surface area contributed by atoms with E-state index in [0.29, 0.717) is 4.90 Å². The number of amides is 1. The number of benzene rings is 2. The molecule has 2 aromatic rings. The Labute approximate surface area is 141 Å². The van der Waals surface area contributed by atoms with Crippen molar-refractivity contribution in [3.8, 4) is 0 Å². The summed E-state index contributed by atoms with van der Waals surface area (Å²) in [4.78, 5) is 24.6. The zero-order valence-electron chi connectivity index (χ0n) is 13.1. The van der Waals surface area contributed by atoms with Gasteiger partial charge in [0, 0.05) is 6.26 Å². The number of esters is 1. The van der Waals surface area contributed by atoms with E-state index >= 15 is 0 Å². The van der Waals surface area contributed by atoms with Gasteiger partial charge in [0.25, 0.3) is 5.91 Å². The highest BCUT2D eigenvalue weighted by Gasteiger charge is 2.22. The SMILES string of the molecule is C[C@@H](OC(=O)c1ccccc1[S@](C)=O)C(=O)Nc1ccccc1F. The highest BCUT2D eigenvalue weighted by molar-refractivity contribution is 7.84. The smallest absolute Gasteiger partial charge is 0.340 e. The number of hydrogen-bond donors (Lipinski definition) is 1. The number of carbonyl (C=O) groups is 2. The third-order valence-corrected chi connectivity index (χ3v) is 4.18. The molecule has 0 radical (unpaired) electrons. The van der Waals surface area contributed by atoms with Crippen LogP contribution >= 0.6 is 0 Å². The van der Waals surface area contributed by atoms with E-state index in [1.54, 1.807) is 24.3 Å². The Morgan fingerprint density at radius 1 is 1.12 bits per heavy atom. The molecule has 2 atom stereocenters. The van der Waals surface area contributed by atoms with Gasteiger partial charge in [-0.25, -0.2) is 9.18 Å². The van der Waals surface area contributed by atoms with Crippen LogP contribution in [0.3, 0.4) is 0 Å². The maximum Gasteiger partial charge on any atom is 0.340 e. The number of halogens is 1. The molecule has 7 heteroatoms. The van der Waals surface area contributed by atoms with Crippen LogP contribution in [0.25, 0.3) is 0 Å². The normalized spacial score (nSPS) is 13.0. The second kappa shape index (κ2) is 7.83. The van der Waals surface area contributed by atoms with Gasteiger partial charge < -0.3 is 10.1 Å². The molecule has 0 saturated carbocycles. The maximum atomic E-state index is 13.5. The summed E-state index contributed by atoms with van der Waals surface area (Å²) in [5.41, 5.74) is 0.129. The first-order chi connectivity index (χ1) is 11.4. The molecular weight excluding hydrogens is 333 g/mol. The van der Waals surface area contributed by atoms with Crippen LogP contribution in [0.5, 0.6) is 0 Å². The minimum atomic E-state index is -1.37. The van der Waals surface area contributed by atoms with Crippen LogP contribution in [-0.2, 0) is 20.3 Å². The summed E-state index contributed by atoms with van der Waals surface area (Å²) in [6, 6.07) is 12.0. The summed E-state index contributed by atoms with van der Waals surface area (Å²) in [6.07, 6.45) is 0.302. The Hall–Kier alpha value is -2.54. The van der Waals surface area contributed by atoms with Crippen molar-refractivity contribution in [2.75, 3.05) is 11.6 Å². The zero-order chi connectivity index (χ0) is 17.7. The second-order valence-electron chi connectivity index (χ2n) is 4.97. The van der Waals surface area contributed by atoms with E-state index in [2.05, 4.69) is 5.32 Å². The maximum absolute atomic E-state index is 13.5. The molecule has 0 unspecified atom stereocenters. The van der Waals surface area contributed by atoms with E-state index < -0.39 is 34.6 Å². The molecule has 0 aromatic heterocycles. The van der Waals surface area contributed by atoms with Crippen LogP contribution in [0, 0.1) is 5.82 Å². The molecular formula is C17H16FNO4S. The molecule has 1 N–H and O–H groups in total. The van der Waals surface area contributed by atoms with Gasteiger partial charge in [-0.05, 0) is 31.2 Å². The van der Waals surface area contributed by atoms with Crippen LogP contribution in [0.1, 0.15) is 17.3 Å². The Balaban J connectivity index is 2.08. The van der Waals surface area contributed by atoms with Crippen molar-refractivity contribution in [2.45, 2.75) is 17.9 Å². The van der Waals surface area contributed by atoms with Crippen molar-refractivity contribution in [2.24, 2.45) is 0 Å². The summed E-state index contributed by atoms with van der Waals surface area (Å²) in [5, 5.41) is 2.35. The summed E-state index contributed by atoms with van der Waals surface area (Å²) in [6.45, 7) is 1.37. The molecule has 0 fully saturated rings. The van der Waals surface area contributed by atoms with E-state index in [4.69, 9.17) is 4.74 Å². The Morgan fingerprint density at radius 3 is 2.42 bits per heavy atom. The molecule has 0 heterocycles. The van der Waals surface area contributed by atoms with Crippen LogP contribution in [0.15, 0.2) is 53.4 Å². The number of nitrogens with one attached hydrogen (secondary N) is 1. The van der Waals surface area contributed by atoms with Gasteiger partial charge in [-0.15, -0.1) is 0 Å². The topological polar surface area (TPSA) is 72.5 Å². The molecule has 5 nitrogen and oxygen atoms in total. The van der Waals surface area contributed by atoms with Crippen LogP contribution in [0.4, 0.5) is 10.1 Å². The van der Waals surface area contributed by atoms with Gasteiger partial charge in [0.2, 0.25) is 0 Å². The summed E-state index contributed by atoms with van der Waals surface area (Å²) >= 11 is 0. The molecule has 24 heavy (non-hydrogen) atoms. The van der Waals surface area contributed by atoms with Crippen molar-refractivity contribution in [3.05, 3.63) is 59.9 Å². The van der Waals surface area contributed by atoms with Gasteiger partial charge in [0.15, 0.2) is 6.10 Å². The highest BCUT2D eigenvalue weighted by atomic mass is 32.2. The lowest BCUT2D eigenvalue weighted by Crippen LogP contribution is -2.30. The summed E-state index contributed by atoms with van der Waals surface area (Å²) < 4.78 is 30.3. The predicted molar refractivity (Wildman–Crippen MR) is 88.7 cm³/mol.